The quantitative estimate of drug-likeness (QED) is 0.766. The Bertz CT molecular complexity index is 414. The molecule has 0 heterocycles. The standard InChI is InChI=1S/C13H15ClF2O2/c1-2-5-17-13-9(14)7-12(13)18-8-3-4-10(15)11(16)6-8/h3-4,6,9,12-13H,2,5,7H2,1H3. The van der Waals surface area contributed by atoms with Gasteiger partial charge in [0, 0.05) is 19.1 Å². The lowest BCUT2D eigenvalue weighted by Gasteiger charge is -2.40. The summed E-state index contributed by atoms with van der Waals surface area (Å²) in [6.45, 7) is 2.62. The summed E-state index contributed by atoms with van der Waals surface area (Å²) < 4.78 is 36.9. The van der Waals surface area contributed by atoms with E-state index in [1.54, 1.807) is 0 Å². The molecular formula is C13H15ClF2O2. The molecule has 1 aromatic rings. The SMILES string of the molecule is CCCOC1C(Cl)CC1Oc1ccc(F)c(F)c1. The molecule has 0 radical (unpaired) electrons. The third-order valence-electron chi connectivity index (χ3n) is 2.87. The molecule has 1 aliphatic carbocycles. The van der Waals surface area contributed by atoms with Crippen molar-refractivity contribution in [3.05, 3.63) is 29.8 Å². The molecule has 0 bridgehead atoms. The van der Waals surface area contributed by atoms with Crippen molar-refractivity contribution < 1.29 is 18.3 Å². The molecule has 0 amide bonds. The fourth-order valence-electron chi connectivity index (χ4n) is 1.83. The fraction of sp³-hybridized carbons (Fsp3) is 0.538. The second-order valence-corrected chi connectivity index (χ2v) is 4.88. The highest BCUT2D eigenvalue weighted by Gasteiger charge is 2.42. The number of alkyl halides is 1. The van der Waals surface area contributed by atoms with Gasteiger partial charge in [-0.3, -0.25) is 0 Å². The predicted molar refractivity (Wildman–Crippen MR) is 65.1 cm³/mol. The molecule has 0 aromatic heterocycles. The molecule has 0 aliphatic heterocycles. The van der Waals surface area contributed by atoms with Crippen LogP contribution in [0.3, 0.4) is 0 Å². The van der Waals surface area contributed by atoms with Crippen LogP contribution in [0.5, 0.6) is 5.75 Å². The van der Waals surface area contributed by atoms with Crippen molar-refractivity contribution in [1.82, 2.24) is 0 Å². The molecule has 3 unspecified atom stereocenters. The van der Waals surface area contributed by atoms with E-state index < -0.39 is 11.6 Å². The Labute approximate surface area is 110 Å². The van der Waals surface area contributed by atoms with E-state index in [9.17, 15) is 8.78 Å². The van der Waals surface area contributed by atoms with Crippen molar-refractivity contribution in [3.63, 3.8) is 0 Å². The third kappa shape index (κ3) is 2.93. The topological polar surface area (TPSA) is 18.5 Å². The van der Waals surface area contributed by atoms with Crippen LogP contribution in [0.1, 0.15) is 19.8 Å². The van der Waals surface area contributed by atoms with E-state index in [0.29, 0.717) is 18.8 Å². The van der Waals surface area contributed by atoms with Gasteiger partial charge in [0.15, 0.2) is 11.6 Å². The van der Waals surface area contributed by atoms with Crippen molar-refractivity contribution in [2.45, 2.75) is 37.4 Å². The Morgan fingerprint density at radius 3 is 2.72 bits per heavy atom. The van der Waals surface area contributed by atoms with Gasteiger partial charge in [-0.2, -0.15) is 0 Å². The van der Waals surface area contributed by atoms with Crippen LogP contribution in [-0.4, -0.2) is 24.2 Å². The van der Waals surface area contributed by atoms with Gasteiger partial charge >= 0.3 is 0 Å². The minimum atomic E-state index is -0.916. The van der Waals surface area contributed by atoms with Crippen LogP contribution in [0.2, 0.25) is 0 Å². The lowest BCUT2D eigenvalue weighted by Crippen LogP contribution is -2.52. The van der Waals surface area contributed by atoms with E-state index in [1.807, 2.05) is 6.92 Å². The number of benzene rings is 1. The molecule has 1 fully saturated rings. The molecule has 0 saturated heterocycles. The minimum Gasteiger partial charge on any atom is -0.487 e. The first-order valence-electron chi connectivity index (χ1n) is 5.99. The number of halogens is 3. The number of ether oxygens (including phenoxy) is 2. The van der Waals surface area contributed by atoms with Gasteiger partial charge in [-0.1, -0.05) is 6.92 Å². The molecular weight excluding hydrogens is 262 g/mol. The minimum absolute atomic E-state index is 0.0770. The zero-order chi connectivity index (χ0) is 13.1. The van der Waals surface area contributed by atoms with Crippen molar-refractivity contribution in [2.24, 2.45) is 0 Å². The Kier molecular flexibility index (Phi) is 4.40. The summed E-state index contributed by atoms with van der Waals surface area (Å²) in [5.41, 5.74) is 0. The highest BCUT2D eigenvalue weighted by atomic mass is 35.5. The molecule has 2 nitrogen and oxygen atoms in total. The number of rotatable bonds is 5. The number of hydrogen-bond acceptors (Lipinski definition) is 2. The lowest BCUT2D eigenvalue weighted by molar-refractivity contribution is -0.0798. The van der Waals surface area contributed by atoms with E-state index in [2.05, 4.69) is 0 Å². The molecule has 100 valence electrons. The van der Waals surface area contributed by atoms with Crippen LogP contribution < -0.4 is 4.74 Å². The lowest BCUT2D eigenvalue weighted by atomic mass is 9.91. The summed E-state index contributed by atoms with van der Waals surface area (Å²) in [5, 5.41) is -0.0770. The molecule has 2 rings (SSSR count). The van der Waals surface area contributed by atoms with Crippen LogP contribution in [0.4, 0.5) is 8.78 Å². The van der Waals surface area contributed by atoms with Crippen LogP contribution in [-0.2, 0) is 4.74 Å². The van der Waals surface area contributed by atoms with Gasteiger partial charge in [0.05, 0.1) is 5.38 Å². The Hall–Kier alpha value is -0.870. The highest BCUT2D eigenvalue weighted by molar-refractivity contribution is 6.21. The van der Waals surface area contributed by atoms with Crippen LogP contribution in [0.15, 0.2) is 18.2 Å². The largest absolute Gasteiger partial charge is 0.487 e. The van der Waals surface area contributed by atoms with Gasteiger partial charge in [-0.05, 0) is 18.6 Å². The molecule has 1 aliphatic rings. The van der Waals surface area contributed by atoms with E-state index >= 15 is 0 Å². The Balaban J connectivity index is 1.94. The normalized spacial score (nSPS) is 26.8. The average Bonchev–Trinajstić information content (AvgIpc) is 2.33. The summed E-state index contributed by atoms with van der Waals surface area (Å²) in [4.78, 5) is 0. The molecule has 1 aromatic carbocycles. The zero-order valence-electron chi connectivity index (χ0n) is 10.0. The summed E-state index contributed by atoms with van der Waals surface area (Å²) in [5.74, 6) is -1.50. The first kappa shape index (κ1) is 13.6. The molecule has 5 heteroatoms. The predicted octanol–water partition coefficient (Wildman–Crippen LogP) is 3.52. The molecule has 0 spiro atoms. The third-order valence-corrected chi connectivity index (χ3v) is 3.30. The van der Waals surface area contributed by atoms with Crippen molar-refractivity contribution >= 4 is 11.6 Å². The van der Waals surface area contributed by atoms with Gasteiger partial charge in [0.25, 0.3) is 0 Å². The van der Waals surface area contributed by atoms with Gasteiger partial charge in [-0.25, -0.2) is 8.78 Å². The van der Waals surface area contributed by atoms with Gasteiger partial charge in [0.2, 0.25) is 0 Å². The Morgan fingerprint density at radius 2 is 2.11 bits per heavy atom. The van der Waals surface area contributed by atoms with Crippen molar-refractivity contribution in [2.75, 3.05) is 6.61 Å². The maximum atomic E-state index is 13.0. The van der Waals surface area contributed by atoms with Gasteiger partial charge in [0.1, 0.15) is 18.0 Å². The summed E-state index contributed by atoms with van der Waals surface area (Å²) in [7, 11) is 0. The van der Waals surface area contributed by atoms with Crippen LogP contribution in [0, 0.1) is 11.6 Å². The summed E-state index contributed by atoms with van der Waals surface area (Å²) in [6.07, 6.45) is 1.18. The van der Waals surface area contributed by atoms with Crippen LogP contribution >= 0.6 is 11.6 Å². The molecule has 0 N–H and O–H groups in total. The van der Waals surface area contributed by atoms with E-state index in [0.717, 1.165) is 18.6 Å². The average molecular weight is 277 g/mol. The molecule has 3 atom stereocenters. The number of hydrogen-bond donors (Lipinski definition) is 0. The maximum Gasteiger partial charge on any atom is 0.162 e. The monoisotopic (exact) mass is 276 g/mol. The Morgan fingerprint density at radius 1 is 1.33 bits per heavy atom. The zero-order valence-corrected chi connectivity index (χ0v) is 10.8. The summed E-state index contributed by atoms with van der Waals surface area (Å²) in [6, 6.07) is 3.48. The van der Waals surface area contributed by atoms with E-state index in [-0.39, 0.29) is 17.6 Å². The van der Waals surface area contributed by atoms with Crippen molar-refractivity contribution in [3.8, 4) is 5.75 Å². The molecule has 18 heavy (non-hydrogen) atoms. The fourth-order valence-corrected chi connectivity index (χ4v) is 2.24. The smallest absolute Gasteiger partial charge is 0.162 e. The molecule has 1 saturated carbocycles. The van der Waals surface area contributed by atoms with Gasteiger partial charge < -0.3 is 9.47 Å². The second kappa shape index (κ2) is 5.85. The van der Waals surface area contributed by atoms with Gasteiger partial charge in [-0.15, -0.1) is 11.6 Å². The first-order chi connectivity index (χ1) is 8.61. The second-order valence-electron chi connectivity index (χ2n) is 4.32. The van der Waals surface area contributed by atoms with Crippen molar-refractivity contribution in [1.29, 1.82) is 0 Å². The van der Waals surface area contributed by atoms with E-state index in [4.69, 9.17) is 21.1 Å². The highest BCUT2D eigenvalue weighted by Crippen LogP contribution is 2.33. The van der Waals surface area contributed by atoms with Crippen LogP contribution in [0.25, 0.3) is 0 Å². The first-order valence-corrected chi connectivity index (χ1v) is 6.43. The van der Waals surface area contributed by atoms with E-state index in [1.165, 1.54) is 6.07 Å². The maximum absolute atomic E-state index is 13.0. The summed E-state index contributed by atoms with van der Waals surface area (Å²) >= 11 is 6.03.